The second-order valence-corrected chi connectivity index (χ2v) is 4.86. The minimum absolute atomic E-state index is 0.0844. The van der Waals surface area contributed by atoms with E-state index in [0.717, 1.165) is 42.1 Å². The second-order valence-electron chi connectivity index (χ2n) is 4.86. The topological polar surface area (TPSA) is 59.5 Å². The number of nitrogens with two attached hydrogens (primary N) is 1. The number of aryl methyl sites for hydroxylation is 2. The van der Waals surface area contributed by atoms with E-state index in [1.165, 1.54) is 0 Å². The molecule has 4 nitrogen and oxygen atoms in total. The molecule has 0 saturated carbocycles. The van der Waals surface area contributed by atoms with Crippen LogP contribution in [0.25, 0.3) is 0 Å². The number of carbonyl (C=O) groups is 1. The van der Waals surface area contributed by atoms with E-state index in [1.807, 2.05) is 25.1 Å². The lowest BCUT2D eigenvalue weighted by Crippen LogP contribution is -2.35. The largest absolute Gasteiger partial charge is 0.456 e. The number of fused-ring (bicyclic) bond motifs is 1. The molecule has 0 unspecified atom stereocenters. The summed E-state index contributed by atoms with van der Waals surface area (Å²) in [5.41, 5.74) is 8.61. The number of hydrogen-bond donors (Lipinski definition) is 1. The molecule has 0 bridgehead atoms. The maximum atomic E-state index is 12.5. The molecule has 2 N–H and O–H groups in total. The van der Waals surface area contributed by atoms with E-state index in [4.69, 9.17) is 10.2 Å². The number of nitrogens with zero attached hydrogens (tertiary/aromatic N) is 1. The molecule has 0 spiro atoms. The summed E-state index contributed by atoms with van der Waals surface area (Å²) in [6.45, 7) is 2.55. The number of benzene rings is 1. The Morgan fingerprint density at radius 1 is 1.32 bits per heavy atom. The van der Waals surface area contributed by atoms with Gasteiger partial charge >= 0.3 is 0 Å². The molecule has 3 rings (SSSR count). The van der Waals surface area contributed by atoms with Crippen molar-refractivity contribution < 1.29 is 9.21 Å². The van der Waals surface area contributed by atoms with Crippen molar-refractivity contribution in [2.75, 3.05) is 17.2 Å². The SMILES string of the molecule is Cc1ccc(C(=O)N2CCCc3cc(N)ccc32)o1. The van der Waals surface area contributed by atoms with Gasteiger partial charge in [0.05, 0.1) is 0 Å². The molecule has 1 aliphatic rings. The fraction of sp³-hybridized carbons (Fsp3) is 0.267. The fourth-order valence-corrected chi connectivity index (χ4v) is 2.51. The zero-order valence-corrected chi connectivity index (χ0v) is 10.8. The van der Waals surface area contributed by atoms with Crippen LogP contribution in [0.4, 0.5) is 11.4 Å². The highest BCUT2D eigenvalue weighted by molar-refractivity contribution is 6.05. The van der Waals surface area contributed by atoms with Crippen molar-refractivity contribution >= 4 is 17.3 Å². The molecule has 98 valence electrons. The van der Waals surface area contributed by atoms with E-state index < -0.39 is 0 Å². The third-order valence-electron chi connectivity index (χ3n) is 3.42. The van der Waals surface area contributed by atoms with Gasteiger partial charge < -0.3 is 15.1 Å². The summed E-state index contributed by atoms with van der Waals surface area (Å²) in [6.07, 6.45) is 1.91. The van der Waals surface area contributed by atoms with Crippen molar-refractivity contribution in [3.63, 3.8) is 0 Å². The Morgan fingerprint density at radius 3 is 2.89 bits per heavy atom. The van der Waals surface area contributed by atoms with E-state index >= 15 is 0 Å². The predicted octanol–water partition coefficient (Wildman–Crippen LogP) is 2.76. The van der Waals surface area contributed by atoms with Crippen LogP contribution >= 0.6 is 0 Å². The molecule has 0 radical (unpaired) electrons. The number of nitrogen functional groups attached to an aromatic ring is 1. The summed E-state index contributed by atoms with van der Waals surface area (Å²) >= 11 is 0. The van der Waals surface area contributed by atoms with E-state index in [9.17, 15) is 4.79 Å². The molecule has 19 heavy (non-hydrogen) atoms. The molecule has 2 heterocycles. The Hall–Kier alpha value is -2.23. The maximum absolute atomic E-state index is 12.5. The van der Waals surface area contributed by atoms with Gasteiger partial charge in [0.1, 0.15) is 5.76 Å². The van der Waals surface area contributed by atoms with Crippen molar-refractivity contribution in [2.45, 2.75) is 19.8 Å². The Kier molecular flexibility index (Phi) is 2.78. The van der Waals surface area contributed by atoms with Crippen LogP contribution in [0.5, 0.6) is 0 Å². The van der Waals surface area contributed by atoms with Gasteiger partial charge in [-0.1, -0.05) is 0 Å². The highest BCUT2D eigenvalue weighted by Gasteiger charge is 2.25. The summed E-state index contributed by atoms with van der Waals surface area (Å²) in [5, 5.41) is 0. The third-order valence-corrected chi connectivity index (χ3v) is 3.42. The zero-order valence-electron chi connectivity index (χ0n) is 10.8. The van der Waals surface area contributed by atoms with Crippen LogP contribution in [0.2, 0.25) is 0 Å². The van der Waals surface area contributed by atoms with E-state index in [0.29, 0.717) is 5.76 Å². The van der Waals surface area contributed by atoms with Crippen LogP contribution in [0.15, 0.2) is 34.7 Å². The van der Waals surface area contributed by atoms with Gasteiger partial charge in [-0.3, -0.25) is 4.79 Å². The normalized spacial score (nSPS) is 14.3. The van der Waals surface area contributed by atoms with Gasteiger partial charge in [0.2, 0.25) is 0 Å². The van der Waals surface area contributed by atoms with Crippen LogP contribution in [0, 0.1) is 6.92 Å². The van der Waals surface area contributed by atoms with Gasteiger partial charge in [-0.15, -0.1) is 0 Å². The van der Waals surface area contributed by atoms with Crippen molar-refractivity contribution in [3.8, 4) is 0 Å². The Balaban J connectivity index is 1.97. The number of carbonyl (C=O) groups excluding carboxylic acids is 1. The highest BCUT2D eigenvalue weighted by atomic mass is 16.3. The number of anilines is 2. The van der Waals surface area contributed by atoms with E-state index in [2.05, 4.69) is 0 Å². The van der Waals surface area contributed by atoms with Crippen LogP contribution in [-0.4, -0.2) is 12.5 Å². The Morgan fingerprint density at radius 2 is 2.16 bits per heavy atom. The Labute approximate surface area is 111 Å². The molecular formula is C15H16N2O2. The second kappa shape index (κ2) is 4.46. The van der Waals surface area contributed by atoms with Gasteiger partial charge in [-0.2, -0.15) is 0 Å². The lowest BCUT2D eigenvalue weighted by molar-refractivity contribution is 0.0957. The molecular weight excluding hydrogens is 240 g/mol. The monoisotopic (exact) mass is 256 g/mol. The van der Waals surface area contributed by atoms with E-state index in [-0.39, 0.29) is 5.91 Å². The predicted molar refractivity (Wildman–Crippen MR) is 74.3 cm³/mol. The minimum atomic E-state index is -0.0844. The molecule has 0 aliphatic carbocycles. The minimum Gasteiger partial charge on any atom is -0.456 e. The molecule has 1 aliphatic heterocycles. The van der Waals surface area contributed by atoms with E-state index in [1.54, 1.807) is 17.0 Å². The number of furan rings is 1. The average molecular weight is 256 g/mol. The smallest absolute Gasteiger partial charge is 0.293 e. The first-order valence-corrected chi connectivity index (χ1v) is 6.42. The van der Waals surface area contributed by atoms with Gasteiger partial charge in [0.15, 0.2) is 5.76 Å². The van der Waals surface area contributed by atoms with Crippen molar-refractivity contribution in [1.82, 2.24) is 0 Å². The number of hydrogen-bond acceptors (Lipinski definition) is 3. The lowest BCUT2D eigenvalue weighted by Gasteiger charge is -2.29. The summed E-state index contributed by atoms with van der Waals surface area (Å²) in [7, 11) is 0. The molecule has 2 aromatic rings. The molecule has 1 aromatic carbocycles. The van der Waals surface area contributed by atoms with Crippen molar-refractivity contribution in [2.24, 2.45) is 0 Å². The summed E-state index contributed by atoms with van der Waals surface area (Å²) < 4.78 is 5.42. The maximum Gasteiger partial charge on any atom is 0.293 e. The first kappa shape index (κ1) is 11.8. The van der Waals surface area contributed by atoms with Gasteiger partial charge in [-0.05, 0) is 55.7 Å². The molecule has 1 amide bonds. The zero-order chi connectivity index (χ0) is 13.4. The molecule has 1 aromatic heterocycles. The Bertz CT molecular complexity index is 631. The van der Waals surface area contributed by atoms with Gasteiger partial charge in [0, 0.05) is 17.9 Å². The lowest BCUT2D eigenvalue weighted by atomic mass is 10.0. The third kappa shape index (κ3) is 2.10. The molecule has 0 atom stereocenters. The van der Waals surface area contributed by atoms with Crippen LogP contribution in [0.1, 0.15) is 28.3 Å². The fourth-order valence-electron chi connectivity index (χ4n) is 2.51. The van der Waals surface area contributed by atoms with Gasteiger partial charge in [-0.25, -0.2) is 0 Å². The molecule has 0 fully saturated rings. The average Bonchev–Trinajstić information content (AvgIpc) is 2.83. The van der Waals surface area contributed by atoms with Crippen LogP contribution < -0.4 is 10.6 Å². The molecule has 0 saturated heterocycles. The summed E-state index contributed by atoms with van der Waals surface area (Å²) in [6, 6.07) is 9.22. The van der Waals surface area contributed by atoms with Crippen molar-refractivity contribution in [1.29, 1.82) is 0 Å². The first-order chi connectivity index (χ1) is 9.15. The van der Waals surface area contributed by atoms with Crippen LogP contribution in [-0.2, 0) is 6.42 Å². The summed E-state index contributed by atoms with van der Waals surface area (Å²) in [4.78, 5) is 14.2. The summed E-state index contributed by atoms with van der Waals surface area (Å²) in [5.74, 6) is 1.05. The quantitative estimate of drug-likeness (QED) is 0.798. The molecule has 4 heteroatoms. The van der Waals surface area contributed by atoms with Gasteiger partial charge in [0.25, 0.3) is 5.91 Å². The first-order valence-electron chi connectivity index (χ1n) is 6.42. The highest BCUT2D eigenvalue weighted by Crippen LogP contribution is 2.30. The van der Waals surface area contributed by atoms with Crippen LogP contribution in [0.3, 0.4) is 0 Å². The number of rotatable bonds is 1. The number of amides is 1. The standard InChI is InChI=1S/C15H16N2O2/c1-10-4-7-14(19-10)15(18)17-8-2-3-11-9-12(16)5-6-13(11)17/h4-7,9H,2-3,8,16H2,1H3. The van der Waals surface area contributed by atoms with Crippen molar-refractivity contribution in [3.05, 3.63) is 47.4 Å².